The Kier molecular flexibility index (Phi) is 7.20. The van der Waals surface area contributed by atoms with Crippen molar-refractivity contribution in [2.45, 2.75) is 38.5 Å². The van der Waals surface area contributed by atoms with Crippen LogP contribution in [0, 0.1) is 0 Å². The lowest BCUT2D eigenvalue weighted by atomic mass is 9.99. The van der Waals surface area contributed by atoms with Crippen LogP contribution in [0.3, 0.4) is 0 Å². The predicted molar refractivity (Wildman–Crippen MR) is 128 cm³/mol. The zero-order valence-corrected chi connectivity index (χ0v) is 18.5. The number of primary amides is 1. The summed E-state index contributed by atoms with van der Waals surface area (Å²) in [6, 6.07) is 22.5. The minimum Gasteiger partial charge on any atom is -0.372 e. The van der Waals surface area contributed by atoms with Gasteiger partial charge in [-0.05, 0) is 53.3 Å². The molecule has 4 aromatic rings. The van der Waals surface area contributed by atoms with Crippen molar-refractivity contribution in [3.05, 3.63) is 101 Å². The number of hydrogen-bond donors (Lipinski definition) is 1. The number of halogens is 1. The quantitative estimate of drug-likeness (QED) is 0.354. The second kappa shape index (κ2) is 10.4. The van der Waals surface area contributed by atoms with Gasteiger partial charge in [0.15, 0.2) is 0 Å². The van der Waals surface area contributed by atoms with Crippen molar-refractivity contribution in [3.8, 4) is 0 Å². The minimum absolute atomic E-state index is 0.0189. The summed E-state index contributed by atoms with van der Waals surface area (Å²) in [5.41, 5.74) is 8.04. The van der Waals surface area contributed by atoms with Crippen LogP contribution in [-0.4, -0.2) is 21.6 Å². The highest BCUT2D eigenvalue weighted by molar-refractivity contribution is 6.31. The van der Waals surface area contributed by atoms with Gasteiger partial charge in [0.25, 0.3) is 5.91 Å². The van der Waals surface area contributed by atoms with Gasteiger partial charge < -0.3 is 15.0 Å². The number of aromatic nitrogens is 2. The third-order valence-corrected chi connectivity index (χ3v) is 5.77. The van der Waals surface area contributed by atoms with E-state index in [9.17, 15) is 4.79 Å². The van der Waals surface area contributed by atoms with Crippen LogP contribution < -0.4 is 5.73 Å². The molecule has 3 aromatic carbocycles. The Labute approximate surface area is 192 Å². The highest BCUT2D eigenvalue weighted by Gasteiger charge is 2.13. The SMILES string of the molecule is NC(=O)c1cn(C[C@H](CCCc2cccc3cc(Cl)ccc23)OCc2ccccc2)cn1. The first-order valence-electron chi connectivity index (χ1n) is 10.7. The Balaban J connectivity index is 1.42. The molecule has 6 heteroatoms. The molecule has 0 fully saturated rings. The number of carbonyl (C=O) groups is 1. The summed E-state index contributed by atoms with van der Waals surface area (Å²) in [5, 5.41) is 3.14. The van der Waals surface area contributed by atoms with E-state index in [1.165, 1.54) is 10.9 Å². The molecule has 164 valence electrons. The fraction of sp³-hybridized carbons (Fsp3) is 0.231. The van der Waals surface area contributed by atoms with Gasteiger partial charge in [-0.1, -0.05) is 66.2 Å². The minimum atomic E-state index is -0.526. The molecule has 32 heavy (non-hydrogen) atoms. The summed E-state index contributed by atoms with van der Waals surface area (Å²) in [5.74, 6) is -0.526. The summed E-state index contributed by atoms with van der Waals surface area (Å²) < 4.78 is 8.13. The smallest absolute Gasteiger partial charge is 0.268 e. The summed E-state index contributed by atoms with van der Waals surface area (Å²) in [4.78, 5) is 15.5. The van der Waals surface area contributed by atoms with Crippen LogP contribution >= 0.6 is 11.6 Å². The molecule has 5 nitrogen and oxygen atoms in total. The zero-order valence-electron chi connectivity index (χ0n) is 17.8. The molecule has 0 bridgehead atoms. The van der Waals surface area contributed by atoms with E-state index >= 15 is 0 Å². The first-order chi connectivity index (χ1) is 15.6. The molecular weight excluding hydrogens is 422 g/mol. The van der Waals surface area contributed by atoms with Gasteiger partial charge in [-0.25, -0.2) is 4.98 Å². The Morgan fingerprint density at radius 1 is 1.09 bits per heavy atom. The second-order valence-electron chi connectivity index (χ2n) is 7.91. The topological polar surface area (TPSA) is 70.1 Å². The molecule has 0 saturated heterocycles. The number of nitrogens with two attached hydrogens (primary N) is 1. The number of rotatable bonds is 10. The summed E-state index contributed by atoms with van der Waals surface area (Å²) >= 11 is 6.15. The van der Waals surface area contributed by atoms with Crippen LogP contribution in [0.5, 0.6) is 0 Å². The molecule has 0 aliphatic carbocycles. The van der Waals surface area contributed by atoms with Crippen molar-refractivity contribution in [1.29, 1.82) is 0 Å². The van der Waals surface area contributed by atoms with Crippen molar-refractivity contribution in [2.75, 3.05) is 0 Å². The molecular formula is C26H26ClN3O2. The molecule has 0 spiro atoms. The van der Waals surface area contributed by atoms with Gasteiger partial charge in [0.2, 0.25) is 0 Å². The van der Waals surface area contributed by atoms with Crippen LogP contribution in [0.15, 0.2) is 79.3 Å². The maximum absolute atomic E-state index is 11.4. The number of aryl methyl sites for hydroxylation is 1. The number of carbonyl (C=O) groups excluding carboxylic acids is 1. The van der Waals surface area contributed by atoms with Crippen molar-refractivity contribution in [3.63, 3.8) is 0 Å². The Hall–Kier alpha value is -3.15. The normalized spacial score (nSPS) is 12.2. The number of benzene rings is 3. The van der Waals surface area contributed by atoms with E-state index < -0.39 is 5.91 Å². The molecule has 1 heterocycles. The standard InChI is InChI=1S/C26H26ClN3O2/c27-22-12-13-24-20(8-4-10-21(24)14-22)9-5-11-23(32-17-19-6-2-1-3-7-19)15-30-16-25(26(28)31)29-18-30/h1-4,6-8,10,12-14,16,18,23H,5,9,11,15,17H2,(H2,28,31)/t23-/m0/s1. The van der Waals surface area contributed by atoms with E-state index in [1.807, 2.05) is 34.9 Å². The average molecular weight is 448 g/mol. The van der Waals surface area contributed by atoms with Gasteiger partial charge in [0, 0.05) is 17.8 Å². The van der Waals surface area contributed by atoms with Crippen molar-refractivity contribution >= 4 is 28.3 Å². The fourth-order valence-corrected chi connectivity index (χ4v) is 4.08. The number of amides is 1. The van der Waals surface area contributed by atoms with Crippen LogP contribution in [0.1, 0.15) is 34.5 Å². The maximum atomic E-state index is 11.4. The number of hydrogen-bond acceptors (Lipinski definition) is 3. The van der Waals surface area contributed by atoms with Gasteiger partial charge in [-0.3, -0.25) is 4.79 Å². The van der Waals surface area contributed by atoms with Crippen molar-refractivity contribution in [2.24, 2.45) is 5.73 Å². The van der Waals surface area contributed by atoms with E-state index in [4.69, 9.17) is 22.1 Å². The third kappa shape index (κ3) is 5.75. The van der Waals surface area contributed by atoms with Crippen molar-refractivity contribution in [1.82, 2.24) is 9.55 Å². The van der Waals surface area contributed by atoms with Crippen LogP contribution in [0.25, 0.3) is 10.8 Å². The first-order valence-corrected chi connectivity index (χ1v) is 11.1. The number of imidazole rings is 1. The van der Waals surface area contributed by atoms with Gasteiger partial charge in [0.1, 0.15) is 5.69 Å². The van der Waals surface area contributed by atoms with Gasteiger partial charge >= 0.3 is 0 Å². The average Bonchev–Trinajstić information content (AvgIpc) is 3.27. The predicted octanol–water partition coefficient (Wildman–Crippen LogP) is 5.40. The highest BCUT2D eigenvalue weighted by Crippen LogP contribution is 2.24. The second-order valence-corrected chi connectivity index (χ2v) is 8.35. The van der Waals surface area contributed by atoms with E-state index in [0.717, 1.165) is 35.2 Å². The molecule has 0 unspecified atom stereocenters. The van der Waals surface area contributed by atoms with Crippen LogP contribution in [0.2, 0.25) is 5.02 Å². The van der Waals surface area contributed by atoms with E-state index in [2.05, 4.69) is 41.4 Å². The molecule has 1 aromatic heterocycles. The Morgan fingerprint density at radius 3 is 2.72 bits per heavy atom. The summed E-state index contributed by atoms with van der Waals surface area (Å²) in [6.07, 6.45) is 6.08. The van der Waals surface area contributed by atoms with E-state index in [1.54, 1.807) is 12.5 Å². The van der Waals surface area contributed by atoms with Gasteiger partial charge in [-0.15, -0.1) is 0 Å². The maximum Gasteiger partial charge on any atom is 0.268 e. The third-order valence-electron chi connectivity index (χ3n) is 5.53. The van der Waals surface area contributed by atoms with E-state index in [0.29, 0.717) is 13.2 Å². The van der Waals surface area contributed by atoms with Gasteiger partial charge in [0.05, 0.1) is 19.0 Å². The van der Waals surface area contributed by atoms with Crippen LogP contribution in [0.4, 0.5) is 0 Å². The van der Waals surface area contributed by atoms with E-state index in [-0.39, 0.29) is 11.8 Å². The molecule has 0 saturated carbocycles. The Bertz CT molecular complexity index is 1190. The fourth-order valence-electron chi connectivity index (χ4n) is 3.90. The monoisotopic (exact) mass is 447 g/mol. The molecule has 2 N–H and O–H groups in total. The molecule has 4 rings (SSSR count). The summed E-state index contributed by atoms with van der Waals surface area (Å²) in [6.45, 7) is 1.15. The van der Waals surface area contributed by atoms with Crippen molar-refractivity contribution < 1.29 is 9.53 Å². The van der Waals surface area contributed by atoms with Gasteiger partial charge in [-0.2, -0.15) is 0 Å². The molecule has 1 atom stereocenters. The molecule has 0 aliphatic heterocycles. The number of fused-ring (bicyclic) bond motifs is 1. The first kappa shape index (κ1) is 22.1. The largest absolute Gasteiger partial charge is 0.372 e. The zero-order chi connectivity index (χ0) is 22.3. The Morgan fingerprint density at radius 2 is 1.94 bits per heavy atom. The molecule has 0 aliphatic rings. The number of nitrogens with zero attached hydrogens (tertiary/aromatic N) is 2. The highest BCUT2D eigenvalue weighted by atomic mass is 35.5. The number of ether oxygens (including phenoxy) is 1. The lowest BCUT2D eigenvalue weighted by Gasteiger charge is -2.19. The lowest BCUT2D eigenvalue weighted by molar-refractivity contribution is 0.0225. The molecule has 0 radical (unpaired) electrons. The van der Waals surface area contributed by atoms with Crippen LogP contribution in [-0.2, 0) is 24.3 Å². The summed E-state index contributed by atoms with van der Waals surface area (Å²) in [7, 11) is 0. The lowest BCUT2D eigenvalue weighted by Crippen LogP contribution is -2.20. The molecule has 1 amide bonds.